The molecule has 1 aliphatic rings. The Kier molecular flexibility index (Phi) is 6.42. The fourth-order valence-corrected chi connectivity index (χ4v) is 3.52. The summed E-state index contributed by atoms with van der Waals surface area (Å²) in [5.74, 6) is 0.387. The number of aliphatic hydroxyl groups excluding tert-OH is 1. The molecule has 2 aromatic rings. The van der Waals surface area contributed by atoms with E-state index in [1.807, 2.05) is 36.4 Å². The molecule has 0 spiro atoms. The van der Waals surface area contributed by atoms with Crippen molar-refractivity contribution in [3.8, 4) is 0 Å². The first-order valence-corrected chi connectivity index (χ1v) is 9.39. The van der Waals surface area contributed by atoms with E-state index in [1.165, 1.54) is 4.90 Å². The Bertz CT molecular complexity index is 826. The molecule has 1 aromatic carbocycles. The molecule has 1 saturated heterocycles. The molecule has 1 amide bonds. The Morgan fingerprint density at radius 3 is 2.74 bits per heavy atom. The summed E-state index contributed by atoms with van der Waals surface area (Å²) in [6, 6.07) is 11.3. The third-order valence-corrected chi connectivity index (χ3v) is 4.95. The lowest BCUT2D eigenvalue weighted by Crippen LogP contribution is -2.37. The number of amides is 1. The van der Waals surface area contributed by atoms with E-state index in [0.717, 1.165) is 31.5 Å². The highest BCUT2D eigenvalue weighted by Crippen LogP contribution is 2.24. The second-order valence-corrected chi connectivity index (χ2v) is 6.97. The molecule has 6 nitrogen and oxygen atoms in total. The van der Waals surface area contributed by atoms with E-state index in [0.29, 0.717) is 17.9 Å². The number of carbonyl (C=O) groups excluding carboxylic acids is 1. The Morgan fingerprint density at radius 1 is 1.33 bits per heavy atom. The first kappa shape index (κ1) is 19.3. The molecule has 3 rings (SSSR count). The largest absolute Gasteiger partial charge is 0.427 e. The molecule has 1 atom stereocenters. The van der Waals surface area contributed by atoms with Crippen molar-refractivity contribution in [2.24, 2.45) is 0 Å². The van der Waals surface area contributed by atoms with Gasteiger partial charge in [0.1, 0.15) is 11.3 Å². The van der Waals surface area contributed by atoms with Gasteiger partial charge in [0.15, 0.2) is 0 Å². The first-order chi connectivity index (χ1) is 13.1. The molecule has 0 aliphatic carbocycles. The fraction of sp³-hybridized carbons (Fsp3) is 0.429. The third kappa shape index (κ3) is 4.64. The number of carbonyl (C=O) groups is 1. The number of benzene rings is 1. The topological polar surface area (TPSA) is 82.8 Å². The van der Waals surface area contributed by atoms with Gasteiger partial charge in [0.25, 0.3) is 5.91 Å². The molecular formula is C21H26N2O4. The standard InChI is InChI=1S/C21H26N2O4/c1-15-12-18(17-8-5-9-22-13-17)27-21(26)19(15)20(25)23(10-11-24)14-16-6-3-2-4-7-16/h2-4,6-7,12,17,22,24H,5,8-11,13-14H2,1H3. The summed E-state index contributed by atoms with van der Waals surface area (Å²) >= 11 is 0. The van der Waals surface area contributed by atoms with Crippen LogP contribution in [0.4, 0.5) is 0 Å². The van der Waals surface area contributed by atoms with Crippen molar-refractivity contribution < 1.29 is 14.3 Å². The van der Waals surface area contributed by atoms with Gasteiger partial charge in [0.05, 0.1) is 6.61 Å². The van der Waals surface area contributed by atoms with Crippen molar-refractivity contribution in [3.05, 3.63) is 69.3 Å². The maximum atomic E-state index is 13.0. The zero-order valence-electron chi connectivity index (χ0n) is 15.6. The number of aryl methyl sites for hydroxylation is 1. The Hall–Kier alpha value is -2.44. The van der Waals surface area contributed by atoms with Crippen LogP contribution in [0.5, 0.6) is 0 Å². The molecule has 0 bridgehead atoms. The van der Waals surface area contributed by atoms with Crippen LogP contribution in [0.1, 0.15) is 46.0 Å². The van der Waals surface area contributed by atoms with Crippen LogP contribution in [-0.2, 0) is 6.54 Å². The third-order valence-electron chi connectivity index (χ3n) is 4.95. The molecule has 1 unspecified atom stereocenters. The second-order valence-electron chi connectivity index (χ2n) is 6.97. The number of piperidine rings is 1. The second kappa shape index (κ2) is 8.97. The van der Waals surface area contributed by atoms with Gasteiger partial charge in [-0.05, 0) is 43.5 Å². The van der Waals surface area contributed by atoms with Gasteiger partial charge in [0.2, 0.25) is 0 Å². The van der Waals surface area contributed by atoms with E-state index < -0.39 is 11.5 Å². The fourth-order valence-electron chi connectivity index (χ4n) is 3.52. The van der Waals surface area contributed by atoms with Gasteiger partial charge < -0.3 is 19.7 Å². The number of rotatable bonds is 6. The number of hydrogen-bond donors (Lipinski definition) is 2. The predicted molar refractivity (Wildman–Crippen MR) is 103 cm³/mol. The average Bonchev–Trinajstić information content (AvgIpc) is 2.68. The van der Waals surface area contributed by atoms with E-state index in [2.05, 4.69) is 5.32 Å². The van der Waals surface area contributed by atoms with Crippen molar-refractivity contribution in [3.63, 3.8) is 0 Å². The van der Waals surface area contributed by atoms with Crippen molar-refractivity contribution in [2.75, 3.05) is 26.2 Å². The van der Waals surface area contributed by atoms with Gasteiger partial charge in [-0.3, -0.25) is 4.79 Å². The average molecular weight is 370 g/mol. The normalized spacial score (nSPS) is 16.9. The highest BCUT2D eigenvalue weighted by Gasteiger charge is 2.25. The van der Waals surface area contributed by atoms with Crippen LogP contribution in [0.2, 0.25) is 0 Å². The van der Waals surface area contributed by atoms with Gasteiger partial charge >= 0.3 is 5.63 Å². The smallest absolute Gasteiger partial charge is 0.349 e. The Morgan fingerprint density at radius 2 is 2.11 bits per heavy atom. The highest BCUT2D eigenvalue weighted by atomic mass is 16.4. The SMILES string of the molecule is Cc1cc(C2CCCNC2)oc(=O)c1C(=O)N(CCO)Cc1ccccc1. The predicted octanol–water partition coefficient (Wildman–Crippen LogP) is 2.05. The van der Waals surface area contributed by atoms with Gasteiger partial charge in [0, 0.05) is 25.6 Å². The van der Waals surface area contributed by atoms with Gasteiger partial charge in [-0.1, -0.05) is 30.3 Å². The maximum absolute atomic E-state index is 13.0. The number of nitrogens with zero attached hydrogens (tertiary/aromatic N) is 1. The van der Waals surface area contributed by atoms with Crippen molar-refractivity contribution in [1.29, 1.82) is 0 Å². The summed E-state index contributed by atoms with van der Waals surface area (Å²) in [6.07, 6.45) is 2.00. The number of aliphatic hydroxyl groups is 1. The molecule has 1 fully saturated rings. The van der Waals surface area contributed by atoms with Crippen LogP contribution in [-0.4, -0.2) is 42.2 Å². The molecule has 0 saturated carbocycles. The van der Waals surface area contributed by atoms with E-state index in [1.54, 1.807) is 6.92 Å². The lowest BCUT2D eigenvalue weighted by molar-refractivity contribution is 0.0701. The zero-order valence-corrected chi connectivity index (χ0v) is 15.6. The van der Waals surface area contributed by atoms with E-state index in [-0.39, 0.29) is 24.6 Å². The van der Waals surface area contributed by atoms with E-state index in [4.69, 9.17) is 4.42 Å². The van der Waals surface area contributed by atoms with Gasteiger partial charge in [-0.2, -0.15) is 0 Å². The van der Waals surface area contributed by atoms with Crippen LogP contribution >= 0.6 is 0 Å². The van der Waals surface area contributed by atoms with Crippen LogP contribution in [0, 0.1) is 6.92 Å². The number of hydrogen-bond acceptors (Lipinski definition) is 5. The molecule has 6 heteroatoms. The van der Waals surface area contributed by atoms with Gasteiger partial charge in [-0.25, -0.2) is 4.79 Å². The summed E-state index contributed by atoms with van der Waals surface area (Å²) in [7, 11) is 0. The molecule has 144 valence electrons. The maximum Gasteiger partial charge on any atom is 0.349 e. The Balaban J connectivity index is 1.86. The van der Waals surface area contributed by atoms with Crippen molar-refractivity contribution in [2.45, 2.75) is 32.2 Å². The summed E-state index contributed by atoms with van der Waals surface area (Å²) in [4.78, 5) is 27.1. The van der Waals surface area contributed by atoms with Crippen LogP contribution in [0.15, 0.2) is 45.6 Å². The summed E-state index contributed by atoms with van der Waals surface area (Å²) in [5.41, 5.74) is 1.00. The molecular weight excluding hydrogens is 344 g/mol. The van der Waals surface area contributed by atoms with E-state index >= 15 is 0 Å². The summed E-state index contributed by atoms with van der Waals surface area (Å²) in [5, 5.41) is 12.7. The zero-order chi connectivity index (χ0) is 19.2. The lowest BCUT2D eigenvalue weighted by Gasteiger charge is -2.24. The molecule has 27 heavy (non-hydrogen) atoms. The van der Waals surface area contributed by atoms with Crippen LogP contribution in [0.3, 0.4) is 0 Å². The summed E-state index contributed by atoms with van der Waals surface area (Å²) in [6.45, 7) is 3.83. The molecule has 0 radical (unpaired) electrons. The molecule has 2 N–H and O–H groups in total. The minimum atomic E-state index is -0.600. The minimum absolute atomic E-state index is 0.0481. The highest BCUT2D eigenvalue weighted by molar-refractivity contribution is 5.95. The monoisotopic (exact) mass is 370 g/mol. The molecule has 1 aliphatic heterocycles. The van der Waals surface area contributed by atoms with Crippen molar-refractivity contribution >= 4 is 5.91 Å². The number of nitrogens with one attached hydrogen (secondary N) is 1. The van der Waals surface area contributed by atoms with Crippen molar-refractivity contribution in [1.82, 2.24) is 10.2 Å². The van der Waals surface area contributed by atoms with E-state index in [9.17, 15) is 14.7 Å². The molecule has 1 aromatic heterocycles. The van der Waals surface area contributed by atoms with Crippen LogP contribution in [0.25, 0.3) is 0 Å². The lowest BCUT2D eigenvalue weighted by atomic mass is 9.95. The summed E-state index contributed by atoms with van der Waals surface area (Å²) < 4.78 is 5.52. The molecule has 2 heterocycles. The quantitative estimate of drug-likeness (QED) is 0.813. The Labute approximate surface area is 158 Å². The minimum Gasteiger partial charge on any atom is -0.427 e. The van der Waals surface area contributed by atoms with Gasteiger partial charge in [-0.15, -0.1) is 0 Å². The first-order valence-electron chi connectivity index (χ1n) is 9.39. The van der Waals surface area contributed by atoms with Crippen LogP contribution < -0.4 is 10.9 Å².